The fraction of sp³-hybridized carbons (Fsp3) is 0.348. The van der Waals surface area contributed by atoms with Crippen LogP contribution < -0.4 is 0 Å². The van der Waals surface area contributed by atoms with Crippen molar-refractivity contribution in [2.24, 2.45) is 17.8 Å². The molecule has 3 atom stereocenters. The van der Waals surface area contributed by atoms with Gasteiger partial charge in [0, 0.05) is 48.6 Å². The second kappa shape index (κ2) is 7.47. The lowest BCUT2D eigenvalue weighted by atomic mass is 10.1. The summed E-state index contributed by atoms with van der Waals surface area (Å²) in [6.45, 7) is 3.86. The van der Waals surface area contributed by atoms with Crippen LogP contribution in [0.1, 0.15) is 30.1 Å². The average Bonchev–Trinajstić information content (AvgIpc) is 3.25. The number of carbonyl (C=O) groups is 1. The number of aliphatic hydroxyl groups excluding tert-OH is 1. The first-order valence-corrected chi connectivity index (χ1v) is 10.1. The number of rotatable bonds is 5. The van der Waals surface area contributed by atoms with E-state index in [1.165, 1.54) is 0 Å². The molecule has 1 N–H and O–H groups in total. The van der Waals surface area contributed by atoms with Crippen molar-refractivity contribution in [3.05, 3.63) is 59.8 Å². The minimum Gasteiger partial charge on any atom is -0.385 e. The van der Waals surface area contributed by atoms with Crippen LogP contribution in [0.25, 0.3) is 11.3 Å². The smallest absolute Gasteiger partial charge is 0.209 e. The highest BCUT2D eigenvalue weighted by Crippen LogP contribution is 2.50. The quantitative estimate of drug-likeness (QED) is 0.523. The van der Waals surface area contributed by atoms with Crippen LogP contribution in [-0.2, 0) is 11.3 Å². The Bertz CT molecular complexity index is 1110. The largest absolute Gasteiger partial charge is 0.385 e. The van der Waals surface area contributed by atoms with Gasteiger partial charge in [0.1, 0.15) is 17.6 Å². The number of aromatic nitrogens is 3. The molecule has 152 valence electrons. The van der Waals surface area contributed by atoms with E-state index in [1.54, 1.807) is 13.1 Å². The summed E-state index contributed by atoms with van der Waals surface area (Å²) in [6, 6.07) is 9.84. The standard InChI is InChI=1S/C23H22N4O3/c1-15(29)23-24-8-9-27(23)11-18-10-22(30-25-18)17-5-2-16(3-6-17)4-7-19-20-12-26(14-28)13-21(19)20/h2-3,5-6,8-10,14-15,19-21,29H,11-13H2,1H3/t15-,19?,20?,21?/m0/s1. The number of nitrogens with zero attached hydrogens (tertiary/aromatic N) is 4. The summed E-state index contributed by atoms with van der Waals surface area (Å²) in [7, 11) is 0. The highest BCUT2D eigenvalue weighted by Gasteiger charge is 2.54. The van der Waals surface area contributed by atoms with Crippen LogP contribution >= 0.6 is 0 Å². The van der Waals surface area contributed by atoms with E-state index in [1.807, 2.05) is 46.0 Å². The zero-order valence-corrected chi connectivity index (χ0v) is 16.6. The molecule has 1 aliphatic carbocycles. The SMILES string of the molecule is C[C@H](O)c1nccn1Cc1cc(-c2ccc(C#CC3C4CN(C=O)CC34)cc2)on1. The number of aliphatic hydroxyl groups is 1. The van der Waals surface area contributed by atoms with Crippen molar-refractivity contribution >= 4 is 6.41 Å². The van der Waals surface area contributed by atoms with Gasteiger partial charge < -0.3 is 19.1 Å². The summed E-state index contributed by atoms with van der Waals surface area (Å²) in [5, 5.41) is 13.9. The van der Waals surface area contributed by atoms with Crippen molar-refractivity contribution in [3.63, 3.8) is 0 Å². The minimum absolute atomic E-state index is 0.424. The topological polar surface area (TPSA) is 84.4 Å². The molecule has 1 amide bonds. The van der Waals surface area contributed by atoms with Crippen LogP contribution in [0.2, 0.25) is 0 Å². The lowest BCUT2D eigenvalue weighted by Gasteiger charge is -2.10. The van der Waals surface area contributed by atoms with Crippen LogP contribution in [0.15, 0.2) is 47.2 Å². The van der Waals surface area contributed by atoms with Crippen LogP contribution in [0.3, 0.4) is 0 Å². The van der Waals surface area contributed by atoms with Crippen molar-refractivity contribution in [3.8, 4) is 23.2 Å². The number of amides is 1. The number of piperidine rings is 1. The zero-order chi connectivity index (χ0) is 20.7. The Hall–Kier alpha value is -3.37. The molecule has 3 aromatic rings. The number of carbonyl (C=O) groups excluding carboxylic acids is 1. The summed E-state index contributed by atoms with van der Waals surface area (Å²) < 4.78 is 7.36. The van der Waals surface area contributed by atoms with Crippen molar-refractivity contribution in [1.29, 1.82) is 0 Å². The van der Waals surface area contributed by atoms with E-state index in [2.05, 4.69) is 22.0 Å². The van der Waals surface area contributed by atoms with Crippen LogP contribution in [0, 0.1) is 29.6 Å². The summed E-state index contributed by atoms with van der Waals surface area (Å²) in [4.78, 5) is 16.8. The maximum atomic E-state index is 10.8. The average molecular weight is 402 g/mol. The molecule has 2 fully saturated rings. The molecular weight excluding hydrogens is 380 g/mol. The van der Waals surface area contributed by atoms with Crippen molar-refractivity contribution < 1.29 is 14.4 Å². The molecule has 1 aliphatic heterocycles. The first-order valence-electron chi connectivity index (χ1n) is 10.1. The Morgan fingerprint density at radius 2 is 2.07 bits per heavy atom. The van der Waals surface area contributed by atoms with Gasteiger partial charge in [-0.1, -0.05) is 17.0 Å². The van der Waals surface area contributed by atoms with E-state index >= 15 is 0 Å². The first kappa shape index (κ1) is 18.6. The van der Waals surface area contributed by atoms with E-state index in [0.717, 1.165) is 36.3 Å². The number of benzene rings is 1. The highest BCUT2D eigenvalue weighted by molar-refractivity contribution is 5.59. The molecule has 1 saturated carbocycles. The molecule has 5 rings (SSSR count). The maximum absolute atomic E-state index is 10.8. The number of hydrogen-bond acceptors (Lipinski definition) is 5. The van der Waals surface area contributed by atoms with Gasteiger partial charge >= 0.3 is 0 Å². The van der Waals surface area contributed by atoms with Gasteiger partial charge in [0.25, 0.3) is 0 Å². The minimum atomic E-state index is -0.640. The third-order valence-electron chi connectivity index (χ3n) is 5.94. The second-order valence-electron chi connectivity index (χ2n) is 8.03. The van der Waals surface area contributed by atoms with Gasteiger partial charge in [-0.2, -0.15) is 0 Å². The molecule has 30 heavy (non-hydrogen) atoms. The molecule has 2 aliphatic rings. The molecule has 7 heteroatoms. The van der Waals surface area contributed by atoms with E-state index in [9.17, 15) is 9.90 Å². The molecule has 7 nitrogen and oxygen atoms in total. The molecule has 0 bridgehead atoms. The normalized spacial score (nSPS) is 22.9. The van der Waals surface area contributed by atoms with Crippen LogP contribution in [-0.4, -0.2) is 44.2 Å². The fourth-order valence-electron chi connectivity index (χ4n) is 4.26. The summed E-state index contributed by atoms with van der Waals surface area (Å²) in [5.41, 5.74) is 2.67. The van der Waals surface area contributed by atoms with Crippen LogP contribution in [0.5, 0.6) is 0 Å². The monoisotopic (exact) mass is 402 g/mol. The van der Waals surface area contributed by atoms with Gasteiger partial charge in [-0.3, -0.25) is 4.79 Å². The molecule has 0 spiro atoms. The third kappa shape index (κ3) is 3.51. The molecule has 1 saturated heterocycles. The summed E-state index contributed by atoms with van der Waals surface area (Å²) in [5.74, 6) is 9.45. The van der Waals surface area contributed by atoms with Gasteiger partial charge in [0.2, 0.25) is 6.41 Å². The molecular formula is C23H22N4O3. The van der Waals surface area contributed by atoms with Crippen molar-refractivity contribution in [1.82, 2.24) is 19.6 Å². The highest BCUT2D eigenvalue weighted by atomic mass is 16.5. The van der Waals surface area contributed by atoms with E-state index in [0.29, 0.717) is 35.9 Å². The first-order chi connectivity index (χ1) is 14.6. The van der Waals surface area contributed by atoms with Crippen molar-refractivity contribution in [2.75, 3.05) is 13.1 Å². The van der Waals surface area contributed by atoms with Crippen molar-refractivity contribution in [2.45, 2.75) is 19.6 Å². The van der Waals surface area contributed by atoms with Gasteiger partial charge in [0.05, 0.1) is 6.54 Å². The van der Waals surface area contributed by atoms with E-state index in [-0.39, 0.29) is 0 Å². The lowest BCUT2D eigenvalue weighted by molar-refractivity contribution is -0.117. The van der Waals surface area contributed by atoms with Gasteiger partial charge in [-0.25, -0.2) is 4.98 Å². The maximum Gasteiger partial charge on any atom is 0.209 e. The lowest BCUT2D eigenvalue weighted by Crippen LogP contribution is -2.22. The predicted molar refractivity (Wildman–Crippen MR) is 109 cm³/mol. The Balaban J connectivity index is 1.23. The third-order valence-corrected chi connectivity index (χ3v) is 5.94. The Labute approximate surface area is 174 Å². The molecule has 1 aromatic carbocycles. The van der Waals surface area contributed by atoms with E-state index in [4.69, 9.17) is 4.52 Å². The van der Waals surface area contributed by atoms with Crippen LogP contribution in [0.4, 0.5) is 0 Å². The Morgan fingerprint density at radius 3 is 2.77 bits per heavy atom. The van der Waals surface area contributed by atoms with Gasteiger partial charge in [-0.15, -0.1) is 0 Å². The van der Waals surface area contributed by atoms with Gasteiger partial charge in [-0.05, 0) is 43.0 Å². The molecule has 3 heterocycles. The summed E-state index contributed by atoms with van der Waals surface area (Å²) in [6.07, 6.45) is 3.77. The molecule has 0 radical (unpaired) electrons. The number of imidazole rings is 1. The van der Waals surface area contributed by atoms with E-state index < -0.39 is 6.10 Å². The zero-order valence-electron chi connectivity index (χ0n) is 16.6. The number of fused-ring (bicyclic) bond motifs is 1. The number of likely N-dealkylation sites (tertiary alicyclic amines) is 1. The second-order valence-corrected chi connectivity index (χ2v) is 8.03. The predicted octanol–water partition coefficient (Wildman–Crippen LogP) is 2.33. The molecule has 2 unspecified atom stereocenters. The summed E-state index contributed by atoms with van der Waals surface area (Å²) >= 11 is 0. The Kier molecular flexibility index (Phi) is 4.64. The Morgan fingerprint density at radius 1 is 1.30 bits per heavy atom. The van der Waals surface area contributed by atoms with Gasteiger partial charge in [0.15, 0.2) is 5.76 Å². The number of hydrogen-bond donors (Lipinski definition) is 1. The molecule has 2 aromatic heterocycles. The fourth-order valence-corrected chi connectivity index (χ4v) is 4.26.